The second kappa shape index (κ2) is 10.9. The number of benzene rings is 2. The summed E-state index contributed by atoms with van der Waals surface area (Å²) in [6.45, 7) is 2.08. The number of thioether (sulfide) groups is 1. The maximum Gasteiger partial charge on any atom is 0.280 e. The highest BCUT2D eigenvalue weighted by Gasteiger charge is 2.39. The second-order valence-electron chi connectivity index (χ2n) is 8.48. The fourth-order valence-electron chi connectivity index (χ4n) is 4.55. The Morgan fingerprint density at radius 3 is 2.49 bits per heavy atom. The quantitative estimate of drug-likeness (QED) is 0.261. The van der Waals surface area contributed by atoms with E-state index in [1.165, 1.54) is 38.1 Å². The first kappa shape index (κ1) is 24.8. The van der Waals surface area contributed by atoms with Gasteiger partial charge in [-0.2, -0.15) is 0 Å². The lowest BCUT2D eigenvalue weighted by Gasteiger charge is -2.30. The van der Waals surface area contributed by atoms with Gasteiger partial charge in [0.05, 0.1) is 41.4 Å². The number of nitrogens with zero attached hydrogens (tertiary/aromatic N) is 3. The van der Waals surface area contributed by atoms with E-state index in [0.717, 1.165) is 49.8 Å². The molecule has 4 rings (SSSR count). The average molecular weight is 496 g/mol. The summed E-state index contributed by atoms with van der Waals surface area (Å²) in [5, 5.41) is 12.4. The summed E-state index contributed by atoms with van der Waals surface area (Å²) in [5.41, 5.74) is 2.06. The molecule has 2 aromatic carbocycles. The monoisotopic (exact) mass is 495 g/mol. The molecule has 0 spiro atoms. The molecule has 0 atom stereocenters. The van der Waals surface area contributed by atoms with Gasteiger partial charge < -0.3 is 9.47 Å². The van der Waals surface area contributed by atoms with Gasteiger partial charge in [-0.3, -0.25) is 19.8 Å². The largest absolute Gasteiger partial charge is 0.493 e. The molecular weight excluding hydrogens is 466 g/mol. The number of aryl methyl sites for hydroxylation is 1. The van der Waals surface area contributed by atoms with Gasteiger partial charge in [-0.25, -0.2) is 4.99 Å². The van der Waals surface area contributed by atoms with Crippen molar-refractivity contribution in [3.05, 3.63) is 62.5 Å². The normalized spacial score (nSPS) is 18.9. The molecule has 2 fully saturated rings. The van der Waals surface area contributed by atoms with Crippen LogP contribution in [0.15, 0.2) is 46.3 Å². The molecule has 2 aromatic rings. The molecule has 9 heteroatoms. The Labute approximate surface area is 209 Å². The van der Waals surface area contributed by atoms with Crippen LogP contribution in [-0.4, -0.2) is 41.2 Å². The number of carbonyl (C=O) groups is 1. The van der Waals surface area contributed by atoms with Crippen molar-refractivity contribution < 1.29 is 19.2 Å². The van der Waals surface area contributed by atoms with Gasteiger partial charge in [0, 0.05) is 6.04 Å². The first-order chi connectivity index (χ1) is 17.0. The zero-order valence-corrected chi connectivity index (χ0v) is 21.0. The summed E-state index contributed by atoms with van der Waals surface area (Å²) in [6.07, 6.45) is 7.54. The minimum Gasteiger partial charge on any atom is -0.493 e. The number of hydrogen-bond acceptors (Lipinski definition) is 7. The molecule has 0 aromatic heterocycles. The van der Waals surface area contributed by atoms with E-state index in [4.69, 9.17) is 14.5 Å². The lowest BCUT2D eigenvalue weighted by Crippen LogP contribution is -2.40. The van der Waals surface area contributed by atoms with Crippen LogP contribution >= 0.6 is 11.8 Å². The third kappa shape index (κ3) is 5.19. The molecular formula is C26H29N3O5S. The SMILES string of the molecule is CCc1ccccc1N=C1S/C(=C/c2cc(OC)c(OC)cc2[N+](=O)[O-])C(=O)N1C1CCCCC1. The molecule has 184 valence electrons. The molecule has 1 saturated heterocycles. The van der Waals surface area contributed by atoms with E-state index in [1.54, 1.807) is 11.0 Å². The van der Waals surface area contributed by atoms with Crippen molar-refractivity contribution >= 4 is 40.3 Å². The molecule has 1 heterocycles. The minimum atomic E-state index is -0.482. The van der Waals surface area contributed by atoms with Crippen LogP contribution in [0.2, 0.25) is 0 Å². The summed E-state index contributed by atoms with van der Waals surface area (Å²) in [6, 6.07) is 10.8. The van der Waals surface area contributed by atoms with E-state index >= 15 is 0 Å². The lowest BCUT2D eigenvalue weighted by molar-refractivity contribution is -0.385. The van der Waals surface area contributed by atoms with Crippen LogP contribution < -0.4 is 9.47 Å². The number of nitro benzene ring substituents is 1. The van der Waals surface area contributed by atoms with Gasteiger partial charge in [0.1, 0.15) is 0 Å². The van der Waals surface area contributed by atoms with Crippen molar-refractivity contribution in [1.29, 1.82) is 0 Å². The topological polar surface area (TPSA) is 94.3 Å². The van der Waals surface area contributed by atoms with Gasteiger partial charge in [-0.1, -0.05) is 44.4 Å². The molecule has 8 nitrogen and oxygen atoms in total. The van der Waals surface area contributed by atoms with E-state index in [1.807, 2.05) is 24.3 Å². The second-order valence-corrected chi connectivity index (χ2v) is 9.49. The lowest BCUT2D eigenvalue weighted by atomic mass is 9.94. The van der Waals surface area contributed by atoms with Crippen molar-refractivity contribution in [2.24, 2.45) is 4.99 Å². The number of aliphatic imine (C=N–C) groups is 1. The fraction of sp³-hybridized carbons (Fsp3) is 0.385. The summed E-state index contributed by atoms with van der Waals surface area (Å²) >= 11 is 1.27. The highest BCUT2D eigenvalue weighted by molar-refractivity contribution is 8.18. The Hall–Kier alpha value is -3.33. The highest BCUT2D eigenvalue weighted by Crippen LogP contribution is 2.41. The van der Waals surface area contributed by atoms with Crippen LogP contribution in [0.25, 0.3) is 6.08 Å². The number of amides is 1. The van der Waals surface area contributed by atoms with E-state index in [0.29, 0.717) is 15.8 Å². The highest BCUT2D eigenvalue weighted by atomic mass is 32.2. The van der Waals surface area contributed by atoms with Crippen molar-refractivity contribution in [2.45, 2.75) is 51.5 Å². The van der Waals surface area contributed by atoms with Crippen LogP contribution in [0.5, 0.6) is 11.5 Å². The Balaban J connectivity index is 1.80. The van der Waals surface area contributed by atoms with Crippen molar-refractivity contribution in [3.63, 3.8) is 0 Å². The number of nitro groups is 1. The van der Waals surface area contributed by atoms with Crippen molar-refractivity contribution in [2.75, 3.05) is 14.2 Å². The fourth-order valence-corrected chi connectivity index (χ4v) is 5.59. The summed E-state index contributed by atoms with van der Waals surface area (Å²) in [4.78, 5) is 32.1. The Bertz CT molecular complexity index is 1190. The molecule has 0 radical (unpaired) electrons. The van der Waals surface area contributed by atoms with Crippen molar-refractivity contribution in [1.82, 2.24) is 4.90 Å². The molecule has 2 aliphatic rings. The third-order valence-corrected chi connectivity index (χ3v) is 7.36. The number of carbonyl (C=O) groups excluding carboxylic acids is 1. The van der Waals surface area contributed by atoms with Crippen LogP contribution in [0.4, 0.5) is 11.4 Å². The predicted molar refractivity (Wildman–Crippen MR) is 138 cm³/mol. The van der Waals surface area contributed by atoms with Gasteiger partial charge in [0.25, 0.3) is 11.6 Å². The van der Waals surface area contributed by atoms with Gasteiger partial charge in [-0.05, 0) is 54.8 Å². The first-order valence-corrected chi connectivity index (χ1v) is 12.6. The minimum absolute atomic E-state index is 0.0718. The number of para-hydroxylation sites is 1. The molecule has 1 aliphatic carbocycles. The van der Waals surface area contributed by atoms with Gasteiger partial charge in [-0.15, -0.1) is 0 Å². The average Bonchev–Trinajstić information content (AvgIpc) is 3.18. The summed E-state index contributed by atoms with van der Waals surface area (Å²) < 4.78 is 10.6. The molecule has 0 unspecified atom stereocenters. The van der Waals surface area contributed by atoms with E-state index in [-0.39, 0.29) is 28.9 Å². The van der Waals surface area contributed by atoms with Crippen molar-refractivity contribution in [3.8, 4) is 11.5 Å². The van der Waals surface area contributed by atoms with Gasteiger partial charge in [0.2, 0.25) is 0 Å². The smallest absolute Gasteiger partial charge is 0.280 e. The Morgan fingerprint density at radius 1 is 1.14 bits per heavy atom. The van der Waals surface area contributed by atoms with Gasteiger partial charge >= 0.3 is 0 Å². The van der Waals surface area contributed by atoms with Crippen LogP contribution in [0.1, 0.15) is 50.2 Å². The zero-order chi connectivity index (χ0) is 24.9. The van der Waals surface area contributed by atoms with Crippen LogP contribution in [-0.2, 0) is 11.2 Å². The van der Waals surface area contributed by atoms with E-state index in [9.17, 15) is 14.9 Å². The number of rotatable bonds is 7. The number of hydrogen-bond donors (Lipinski definition) is 0. The van der Waals surface area contributed by atoms with E-state index < -0.39 is 4.92 Å². The third-order valence-electron chi connectivity index (χ3n) is 6.38. The van der Waals surface area contributed by atoms with Crippen LogP contribution in [0.3, 0.4) is 0 Å². The maximum atomic E-state index is 13.7. The molecule has 1 saturated carbocycles. The summed E-state index contributed by atoms with van der Waals surface area (Å²) in [5.74, 6) is 0.447. The van der Waals surface area contributed by atoms with Gasteiger partial charge in [0.15, 0.2) is 16.7 Å². The number of amidine groups is 1. The predicted octanol–water partition coefficient (Wildman–Crippen LogP) is 6.11. The number of ether oxygens (including phenoxy) is 2. The van der Waals surface area contributed by atoms with E-state index in [2.05, 4.69) is 6.92 Å². The molecule has 0 N–H and O–H groups in total. The summed E-state index contributed by atoms with van der Waals surface area (Å²) in [7, 11) is 2.89. The van der Waals surface area contributed by atoms with Crippen LogP contribution in [0, 0.1) is 10.1 Å². The Morgan fingerprint density at radius 2 is 1.83 bits per heavy atom. The molecule has 1 amide bonds. The Kier molecular flexibility index (Phi) is 7.75. The standard InChI is InChI=1S/C26H29N3O5S/c1-4-17-10-8-9-13-20(17)27-26-28(19-11-6-5-7-12-19)25(30)24(35-26)15-18-14-22(33-2)23(34-3)16-21(18)29(31)32/h8-10,13-16,19H,4-7,11-12H2,1-3H3/b24-15+,27-26?. The zero-order valence-electron chi connectivity index (χ0n) is 20.2. The molecule has 35 heavy (non-hydrogen) atoms. The molecule has 0 bridgehead atoms. The first-order valence-electron chi connectivity index (χ1n) is 11.8. The number of methoxy groups -OCH3 is 2. The maximum absolute atomic E-state index is 13.7. The molecule has 1 aliphatic heterocycles.